The summed E-state index contributed by atoms with van der Waals surface area (Å²) in [7, 11) is 0. The van der Waals surface area contributed by atoms with Crippen LogP contribution in [0.1, 0.15) is 46.2 Å². The van der Waals surface area contributed by atoms with Crippen LogP contribution in [0.3, 0.4) is 0 Å². The molecule has 1 N–H and O–H groups in total. The first kappa shape index (κ1) is 16.4. The van der Waals surface area contributed by atoms with Gasteiger partial charge in [0.15, 0.2) is 0 Å². The van der Waals surface area contributed by atoms with Gasteiger partial charge in [0.05, 0.1) is 16.6 Å². The summed E-state index contributed by atoms with van der Waals surface area (Å²) in [5, 5.41) is 4.61. The second-order valence-corrected chi connectivity index (χ2v) is 6.68. The minimum atomic E-state index is -0.363. The fourth-order valence-corrected chi connectivity index (χ4v) is 3.59. The van der Waals surface area contributed by atoms with Gasteiger partial charge in [-0.3, -0.25) is 4.79 Å². The third kappa shape index (κ3) is 2.87. The molecule has 0 radical (unpaired) electrons. The van der Waals surface area contributed by atoms with Gasteiger partial charge >= 0.3 is 5.69 Å². The third-order valence-corrected chi connectivity index (χ3v) is 4.82. The Balaban J connectivity index is 1.66. The van der Waals surface area contributed by atoms with Gasteiger partial charge < -0.3 is 14.4 Å². The van der Waals surface area contributed by atoms with Crippen LogP contribution in [0.5, 0.6) is 0 Å². The number of H-pyrrole nitrogens is 1. The van der Waals surface area contributed by atoms with Gasteiger partial charge in [-0.15, -0.1) is 0 Å². The zero-order chi connectivity index (χ0) is 18.3. The Morgan fingerprint density at radius 3 is 3.04 bits per heavy atom. The number of hydrogen-bond donors (Lipinski definition) is 1. The first-order valence-electron chi connectivity index (χ1n) is 8.61. The van der Waals surface area contributed by atoms with E-state index < -0.39 is 0 Å². The molecule has 0 aliphatic carbocycles. The first-order chi connectivity index (χ1) is 12.5. The quantitative estimate of drug-likeness (QED) is 0.755. The minimum Gasteiger partial charge on any atom is -0.338 e. The molecule has 3 aromatic rings. The third-order valence-electron chi connectivity index (χ3n) is 4.82. The van der Waals surface area contributed by atoms with E-state index in [-0.39, 0.29) is 17.5 Å². The van der Waals surface area contributed by atoms with Gasteiger partial charge in [-0.2, -0.15) is 0 Å². The van der Waals surface area contributed by atoms with E-state index in [1.165, 1.54) is 6.20 Å². The molecule has 1 aliphatic heterocycles. The van der Waals surface area contributed by atoms with Crippen LogP contribution in [-0.2, 0) is 0 Å². The second kappa shape index (κ2) is 6.36. The molecule has 1 atom stereocenters. The number of carbonyl (C=O) groups excluding carboxylic acids is 1. The van der Waals surface area contributed by atoms with Gasteiger partial charge in [0.25, 0.3) is 11.6 Å². The number of pyridine rings is 1. The van der Waals surface area contributed by atoms with E-state index in [0.717, 1.165) is 18.5 Å². The molecule has 1 aliphatic rings. The minimum absolute atomic E-state index is 0.0621. The molecule has 1 amide bonds. The summed E-state index contributed by atoms with van der Waals surface area (Å²) in [5.74, 6) is 0.0262. The number of fused-ring (bicyclic) bond motifs is 1. The van der Waals surface area contributed by atoms with Gasteiger partial charge in [0.2, 0.25) is 0 Å². The number of likely N-dealkylation sites (tertiary alicyclic amines) is 1. The summed E-state index contributed by atoms with van der Waals surface area (Å²) in [6.45, 7) is 4.86. The van der Waals surface area contributed by atoms with Gasteiger partial charge in [-0.05, 0) is 38.8 Å². The Morgan fingerprint density at radius 1 is 1.38 bits per heavy atom. The highest BCUT2D eigenvalue weighted by molar-refractivity contribution is 6.06. The number of nitrogens with zero attached hydrogens (tertiary/aromatic N) is 4. The normalized spacial score (nSPS) is 17.6. The van der Waals surface area contributed by atoms with E-state index in [9.17, 15) is 9.59 Å². The summed E-state index contributed by atoms with van der Waals surface area (Å²) < 4.78 is 5.23. The predicted molar refractivity (Wildman–Crippen MR) is 94.0 cm³/mol. The molecule has 134 valence electrons. The molecule has 8 heteroatoms. The molecule has 3 aromatic heterocycles. The van der Waals surface area contributed by atoms with Crippen molar-refractivity contribution in [2.75, 3.05) is 13.1 Å². The van der Waals surface area contributed by atoms with Crippen molar-refractivity contribution < 1.29 is 9.32 Å². The Morgan fingerprint density at radius 2 is 2.23 bits per heavy atom. The number of aryl methyl sites for hydroxylation is 2. The Hall–Kier alpha value is -3.03. The number of piperidine rings is 1. The number of rotatable bonds is 2. The van der Waals surface area contributed by atoms with Crippen molar-refractivity contribution in [3.8, 4) is 0 Å². The van der Waals surface area contributed by atoms with Gasteiger partial charge in [-0.25, -0.2) is 14.8 Å². The maximum atomic E-state index is 13.2. The summed E-state index contributed by atoms with van der Waals surface area (Å²) in [6.07, 6.45) is 3.29. The average Bonchev–Trinajstić information content (AvgIpc) is 3.01. The summed E-state index contributed by atoms with van der Waals surface area (Å²) in [4.78, 5) is 37.3. The van der Waals surface area contributed by atoms with Crippen LogP contribution < -0.4 is 5.69 Å². The molecule has 0 saturated carbocycles. The van der Waals surface area contributed by atoms with E-state index in [4.69, 9.17) is 4.52 Å². The number of nitrogens with one attached hydrogen (secondary N) is 1. The zero-order valence-corrected chi connectivity index (χ0v) is 14.7. The molecule has 4 heterocycles. The first-order valence-corrected chi connectivity index (χ1v) is 8.61. The number of aromatic amines is 1. The molecule has 4 rings (SSSR count). The summed E-state index contributed by atoms with van der Waals surface area (Å²) in [6, 6.07) is 3.59. The Labute approximate surface area is 149 Å². The second-order valence-electron chi connectivity index (χ2n) is 6.68. The molecule has 26 heavy (non-hydrogen) atoms. The molecular formula is C18H19N5O3. The zero-order valence-electron chi connectivity index (χ0n) is 14.7. The molecule has 0 spiro atoms. The molecule has 8 nitrogen and oxygen atoms in total. The molecule has 0 bridgehead atoms. The number of aromatic nitrogens is 4. The summed E-state index contributed by atoms with van der Waals surface area (Å²) in [5.41, 5.74) is 2.78. The highest BCUT2D eigenvalue weighted by Gasteiger charge is 2.28. The average molecular weight is 353 g/mol. The van der Waals surface area contributed by atoms with Crippen LogP contribution in [0, 0.1) is 13.8 Å². The lowest BCUT2D eigenvalue weighted by molar-refractivity contribution is 0.0707. The maximum absolute atomic E-state index is 13.2. The van der Waals surface area contributed by atoms with Crippen LogP contribution in [0.15, 0.2) is 27.6 Å². The number of hydrogen-bond acceptors (Lipinski definition) is 6. The van der Waals surface area contributed by atoms with E-state index >= 15 is 0 Å². The topological polar surface area (TPSA) is 105 Å². The van der Waals surface area contributed by atoms with Crippen LogP contribution in [0.25, 0.3) is 11.1 Å². The van der Waals surface area contributed by atoms with E-state index in [1.807, 2.05) is 11.8 Å². The number of carbonyl (C=O) groups is 1. The van der Waals surface area contributed by atoms with Crippen LogP contribution in [0.2, 0.25) is 0 Å². The monoisotopic (exact) mass is 353 g/mol. The molecule has 1 saturated heterocycles. The summed E-state index contributed by atoms with van der Waals surface area (Å²) >= 11 is 0. The van der Waals surface area contributed by atoms with Crippen molar-refractivity contribution in [3.63, 3.8) is 0 Å². The molecule has 0 aromatic carbocycles. The van der Waals surface area contributed by atoms with Gasteiger partial charge in [0, 0.05) is 36.6 Å². The predicted octanol–water partition coefficient (Wildman–Crippen LogP) is 1.94. The van der Waals surface area contributed by atoms with Crippen LogP contribution in [0.4, 0.5) is 0 Å². The van der Waals surface area contributed by atoms with E-state index in [0.29, 0.717) is 41.1 Å². The van der Waals surface area contributed by atoms with Gasteiger partial charge in [0.1, 0.15) is 0 Å². The van der Waals surface area contributed by atoms with Crippen molar-refractivity contribution in [3.05, 3.63) is 51.5 Å². The lowest BCUT2D eigenvalue weighted by Gasteiger charge is -2.32. The van der Waals surface area contributed by atoms with Crippen LogP contribution in [-0.4, -0.2) is 44.0 Å². The molecule has 1 fully saturated rings. The highest BCUT2D eigenvalue weighted by atomic mass is 16.5. The molecule has 1 unspecified atom stereocenters. The molecular weight excluding hydrogens is 334 g/mol. The lowest BCUT2D eigenvalue weighted by Crippen LogP contribution is -2.39. The van der Waals surface area contributed by atoms with Gasteiger partial charge in [-0.1, -0.05) is 5.16 Å². The van der Waals surface area contributed by atoms with Crippen LogP contribution >= 0.6 is 0 Å². The maximum Gasteiger partial charge on any atom is 0.345 e. The van der Waals surface area contributed by atoms with Crippen molar-refractivity contribution in [1.29, 1.82) is 0 Å². The van der Waals surface area contributed by atoms with E-state index in [2.05, 4.69) is 20.1 Å². The van der Waals surface area contributed by atoms with Crippen molar-refractivity contribution >= 4 is 17.0 Å². The Bertz CT molecular complexity index is 1040. The smallest absolute Gasteiger partial charge is 0.338 e. The van der Waals surface area contributed by atoms with Crippen molar-refractivity contribution in [1.82, 2.24) is 25.0 Å². The number of amides is 1. The van der Waals surface area contributed by atoms with E-state index in [1.54, 1.807) is 19.1 Å². The SMILES string of the molecule is Cc1cc(C(=O)N2CCCC(c3ccnc(=O)[nH]3)C2)c2c(C)noc2n1. The van der Waals surface area contributed by atoms with Crippen molar-refractivity contribution in [2.45, 2.75) is 32.6 Å². The highest BCUT2D eigenvalue weighted by Crippen LogP contribution is 2.28. The van der Waals surface area contributed by atoms with Crippen molar-refractivity contribution in [2.24, 2.45) is 0 Å². The lowest BCUT2D eigenvalue weighted by atomic mass is 9.94. The standard InChI is InChI=1S/C18H19N5O3/c1-10-8-13(15-11(2)22-26-16(15)20-10)17(24)23-7-3-4-12(9-23)14-5-6-19-18(25)21-14/h5-6,8,12H,3-4,7,9H2,1-2H3,(H,19,21,25). The fourth-order valence-electron chi connectivity index (χ4n) is 3.59. The fraction of sp³-hybridized carbons (Fsp3) is 0.389. The Kier molecular flexibility index (Phi) is 4.02. The largest absolute Gasteiger partial charge is 0.345 e.